The van der Waals surface area contributed by atoms with Crippen molar-refractivity contribution < 1.29 is 22.7 Å². The zero-order valence-electron chi connectivity index (χ0n) is 18.5. The highest BCUT2D eigenvalue weighted by Crippen LogP contribution is 2.22. The standard InChI is InChI=1S/C24H25N3O5S/c1-16-15-19(23(28)32-3)11-14-22(16)33(30,31)27-17(2)18-9-12-21(13-10-18)26-24(29)25-20-7-5-4-6-8-20/h4-15,17,27H,1-3H3,(H2,25,26,29). The molecule has 0 aliphatic rings. The summed E-state index contributed by atoms with van der Waals surface area (Å²) in [7, 11) is -2.57. The first kappa shape index (κ1) is 24.0. The van der Waals surface area contributed by atoms with Crippen LogP contribution >= 0.6 is 0 Å². The highest BCUT2D eigenvalue weighted by Gasteiger charge is 2.21. The van der Waals surface area contributed by atoms with Gasteiger partial charge in [-0.15, -0.1) is 0 Å². The van der Waals surface area contributed by atoms with Gasteiger partial charge in [-0.1, -0.05) is 30.3 Å². The van der Waals surface area contributed by atoms with E-state index >= 15 is 0 Å². The average molecular weight is 468 g/mol. The normalized spacial score (nSPS) is 12.0. The number of nitrogens with one attached hydrogen (secondary N) is 3. The Hall–Kier alpha value is -3.69. The lowest BCUT2D eigenvalue weighted by atomic mass is 10.1. The third-order valence-electron chi connectivity index (χ3n) is 4.92. The molecule has 0 bridgehead atoms. The smallest absolute Gasteiger partial charge is 0.337 e. The number of anilines is 2. The van der Waals surface area contributed by atoms with Crippen LogP contribution in [0.5, 0.6) is 0 Å². The van der Waals surface area contributed by atoms with Gasteiger partial charge in [0.05, 0.1) is 17.6 Å². The molecular formula is C24H25N3O5S. The molecule has 1 unspecified atom stereocenters. The topological polar surface area (TPSA) is 114 Å². The number of carbonyl (C=O) groups is 2. The quantitative estimate of drug-likeness (QED) is 0.444. The fraction of sp³-hybridized carbons (Fsp3) is 0.167. The van der Waals surface area contributed by atoms with Gasteiger partial charge in [0.1, 0.15) is 0 Å². The molecule has 0 heterocycles. The molecule has 0 aliphatic heterocycles. The zero-order valence-corrected chi connectivity index (χ0v) is 19.3. The number of methoxy groups -OCH3 is 1. The molecule has 0 aliphatic carbocycles. The van der Waals surface area contributed by atoms with Crippen molar-refractivity contribution in [2.45, 2.75) is 24.8 Å². The Balaban J connectivity index is 1.65. The second-order valence-corrected chi connectivity index (χ2v) is 9.06. The van der Waals surface area contributed by atoms with Crippen LogP contribution in [0.15, 0.2) is 77.7 Å². The van der Waals surface area contributed by atoms with Gasteiger partial charge in [-0.05, 0) is 67.4 Å². The van der Waals surface area contributed by atoms with Crippen LogP contribution in [-0.4, -0.2) is 27.5 Å². The molecule has 33 heavy (non-hydrogen) atoms. The molecule has 8 nitrogen and oxygen atoms in total. The molecule has 0 aromatic heterocycles. The van der Waals surface area contributed by atoms with E-state index in [1.165, 1.54) is 25.3 Å². The van der Waals surface area contributed by atoms with Crippen LogP contribution in [0.1, 0.15) is 34.5 Å². The lowest BCUT2D eigenvalue weighted by molar-refractivity contribution is 0.0600. The first-order chi connectivity index (χ1) is 15.7. The van der Waals surface area contributed by atoms with Crippen LogP contribution in [0.25, 0.3) is 0 Å². The fourth-order valence-corrected chi connectivity index (χ4v) is 4.69. The Labute approximate surface area is 193 Å². The van der Waals surface area contributed by atoms with E-state index in [2.05, 4.69) is 20.1 Å². The third kappa shape index (κ3) is 6.18. The minimum absolute atomic E-state index is 0.0814. The highest BCUT2D eigenvalue weighted by molar-refractivity contribution is 7.89. The maximum atomic E-state index is 12.9. The Morgan fingerprint density at radius 1 is 0.879 bits per heavy atom. The van der Waals surface area contributed by atoms with Crippen molar-refractivity contribution in [3.05, 3.63) is 89.5 Å². The van der Waals surface area contributed by atoms with Gasteiger partial charge >= 0.3 is 12.0 Å². The molecule has 172 valence electrons. The molecule has 3 rings (SSSR count). The number of para-hydroxylation sites is 1. The molecule has 2 amide bonds. The van der Waals surface area contributed by atoms with Crippen molar-refractivity contribution in [3.63, 3.8) is 0 Å². The van der Waals surface area contributed by atoms with Gasteiger partial charge < -0.3 is 15.4 Å². The maximum absolute atomic E-state index is 12.9. The molecule has 0 radical (unpaired) electrons. The van der Waals surface area contributed by atoms with Crippen LogP contribution in [0.4, 0.5) is 16.2 Å². The number of carbonyl (C=O) groups excluding carboxylic acids is 2. The number of rotatable bonds is 7. The second kappa shape index (κ2) is 10.3. The molecule has 0 saturated heterocycles. The van der Waals surface area contributed by atoms with Crippen LogP contribution in [0, 0.1) is 6.92 Å². The number of hydrogen-bond acceptors (Lipinski definition) is 5. The van der Waals surface area contributed by atoms with Crippen molar-refractivity contribution >= 4 is 33.4 Å². The van der Waals surface area contributed by atoms with Gasteiger partial charge in [0.2, 0.25) is 10.0 Å². The van der Waals surface area contributed by atoms with Crippen molar-refractivity contribution in [3.8, 4) is 0 Å². The molecule has 1 atom stereocenters. The molecule has 3 aromatic rings. The van der Waals surface area contributed by atoms with E-state index in [4.69, 9.17) is 0 Å². The maximum Gasteiger partial charge on any atom is 0.337 e. The summed E-state index contributed by atoms with van der Waals surface area (Å²) in [5.41, 5.74) is 2.67. The summed E-state index contributed by atoms with van der Waals surface area (Å²) in [4.78, 5) is 23.9. The number of hydrogen-bond donors (Lipinski definition) is 3. The second-order valence-electron chi connectivity index (χ2n) is 7.38. The molecule has 0 fully saturated rings. The Morgan fingerprint density at radius 3 is 2.06 bits per heavy atom. The van der Waals surface area contributed by atoms with Gasteiger partial charge in [-0.2, -0.15) is 0 Å². The van der Waals surface area contributed by atoms with Gasteiger partial charge in [0.15, 0.2) is 0 Å². The number of aryl methyl sites for hydroxylation is 1. The number of benzene rings is 3. The molecular weight excluding hydrogens is 442 g/mol. The molecule has 3 aromatic carbocycles. The van der Waals surface area contributed by atoms with E-state index in [0.717, 1.165) is 5.56 Å². The van der Waals surface area contributed by atoms with E-state index < -0.39 is 22.0 Å². The number of esters is 1. The van der Waals surface area contributed by atoms with Crippen LogP contribution in [0.2, 0.25) is 0 Å². The molecule has 0 spiro atoms. The van der Waals surface area contributed by atoms with Gasteiger partial charge in [-0.3, -0.25) is 0 Å². The SMILES string of the molecule is COC(=O)c1ccc(S(=O)(=O)NC(C)c2ccc(NC(=O)Nc3ccccc3)cc2)c(C)c1. The summed E-state index contributed by atoms with van der Waals surface area (Å²) in [6, 6.07) is 19.3. The third-order valence-corrected chi connectivity index (χ3v) is 6.62. The summed E-state index contributed by atoms with van der Waals surface area (Å²) in [5, 5.41) is 5.46. The lowest BCUT2D eigenvalue weighted by Crippen LogP contribution is -2.27. The highest BCUT2D eigenvalue weighted by atomic mass is 32.2. The van der Waals surface area contributed by atoms with Crippen molar-refractivity contribution in [1.82, 2.24) is 4.72 Å². The van der Waals surface area contributed by atoms with Crippen molar-refractivity contribution in [2.75, 3.05) is 17.7 Å². The van der Waals surface area contributed by atoms with Crippen LogP contribution in [-0.2, 0) is 14.8 Å². The molecule has 0 saturated carbocycles. The monoisotopic (exact) mass is 467 g/mol. The number of ether oxygens (including phenoxy) is 1. The zero-order chi connectivity index (χ0) is 24.0. The largest absolute Gasteiger partial charge is 0.465 e. The first-order valence-electron chi connectivity index (χ1n) is 10.1. The average Bonchev–Trinajstić information content (AvgIpc) is 2.79. The summed E-state index contributed by atoms with van der Waals surface area (Å²) in [6.07, 6.45) is 0. The summed E-state index contributed by atoms with van der Waals surface area (Å²) < 4.78 is 33.1. The number of amides is 2. The van der Waals surface area contributed by atoms with Crippen molar-refractivity contribution in [1.29, 1.82) is 0 Å². The van der Waals surface area contributed by atoms with E-state index in [-0.39, 0.29) is 16.5 Å². The van der Waals surface area contributed by atoms with E-state index in [1.54, 1.807) is 50.2 Å². The Kier molecular flexibility index (Phi) is 7.47. The Bertz CT molecular complexity index is 1240. The predicted octanol–water partition coefficient (Wildman–Crippen LogP) is 4.47. The summed E-state index contributed by atoms with van der Waals surface area (Å²) in [6.45, 7) is 3.34. The first-order valence-corrected chi connectivity index (χ1v) is 11.6. The predicted molar refractivity (Wildman–Crippen MR) is 127 cm³/mol. The minimum atomic E-state index is -3.83. The number of urea groups is 1. The van der Waals surface area contributed by atoms with Gasteiger partial charge in [-0.25, -0.2) is 22.7 Å². The van der Waals surface area contributed by atoms with Crippen LogP contribution < -0.4 is 15.4 Å². The van der Waals surface area contributed by atoms with Crippen molar-refractivity contribution in [2.24, 2.45) is 0 Å². The minimum Gasteiger partial charge on any atom is -0.465 e. The lowest BCUT2D eigenvalue weighted by Gasteiger charge is -2.17. The molecule has 3 N–H and O–H groups in total. The fourth-order valence-electron chi connectivity index (χ4n) is 3.23. The van der Waals surface area contributed by atoms with E-state index in [9.17, 15) is 18.0 Å². The summed E-state index contributed by atoms with van der Waals surface area (Å²) in [5.74, 6) is -0.533. The Morgan fingerprint density at radius 2 is 1.48 bits per heavy atom. The molecule has 9 heteroatoms. The number of sulfonamides is 1. The summed E-state index contributed by atoms with van der Waals surface area (Å²) >= 11 is 0. The van der Waals surface area contributed by atoms with Crippen LogP contribution in [0.3, 0.4) is 0 Å². The van der Waals surface area contributed by atoms with Gasteiger partial charge in [0, 0.05) is 17.4 Å². The van der Waals surface area contributed by atoms with Gasteiger partial charge in [0.25, 0.3) is 0 Å². The van der Waals surface area contributed by atoms with E-state index in [1.807, 2.05) is 18.2 Å². The van der Waals surface area contributed by atoms with E-state index in [0.29, 0.717) is 16.9 Å².